The van der Waals surface area contributed by atoms with Crippen LogP contribution in [0.4, 0.5) is 0 Å². The molecule has 2 unspecified atom stereocenters. The van der Waals surface area contributed by atoms with Crippen LogP contribution < -0.4 is 5.32 Å². The Hall–Kier alpha value is -0.650. The molecular weight excluding hydrogens is 254 g/mol. The molecule has 2 fully saturated rings. The summed E-state index contributed by atoms with van der Waals surface area (Å²) in [4.78, 5) is 16.5. The Kier molecular flexibility index (Phi) is 5.81. The van der Waals surface area contributed by atoms with Gasteiger partial charge in [0.25, 0.3) is 0 Å². The van der Waals surface area contributed by atoms with Crippen molar-refractivity contribution < 1.29 is 9.53 Å². The van der Waals surface area contributed by atoms with Crippen LogP contribution in [0.25, 0.3) is 0 Å². The predicted molar refractivity (Wildman–Crippen MR) is 79.7 cm³/mol. The summed E-state index contributed by atoms with van der Waals surface area (Å²) in [5.74, 6) is 0.972. The van der Waals surface area contributed by atoms with Gasteiger partial charge in [0, 0.05) is 19.6 Å². The largest absolute Gasteiger partial charge is 0.372 e. The molecule has 0 aromatic heterocycles. The van der Waals surface area contributed by atoms with Gasteiger partial charge in [0.1, 0.15) is 0 Å². The molecule has 1 amide bonds. The molecule has 1 N–H and O–H groups in total. The molecule has 2 heterocycles. The van der Waals surface area contributed by atoms with Crippen molar-refractivity contribution in [2.24, 2.45) is 5.92 Å². The first kappa shape index (κ1) is 15.7. The second-order valence-corrected chi connectivity index (χ2v) is 6.45. The molecule has 2 aliphatic heterocycles. The van der Waals surface area contributed by atoms with Gasteiger partial charge in [-0.3, -0.25) is 9.69 Å². The van der Waals surface area contributed by atoms with Crippen molar-refractivity contribution in [3.8, 4) is 0 Å². The fourth-order valence-electron chi connectivity index (χ4n) is 3.28. The van der Waals surface area contributed by atoms with Crippen molar-refractivity contribution in [2.45, 2.75) is 38.9 Å². The topological polar surface area (TPSA) is 44.8 Å². The molecule has 0 radical (unpaired) electrons. The maximum Gasteiger partial charge on any atom is 0.236 e. The zero-order valence-corrected chi connectivity index (χ0v) is 13.1. The number of rotatable bonds is 4. The molecule has 2 aliphatic rings. The summed E-state index contributed by atoms with van der Waals surface area (Å²) < 4.78 is 5.68. The van der Waals surface area contributed by atoms with Crippen LogP contribution in [0.5, 0.6) is 0 Å². The van der Waals surface area contributed by atoms with Gasteiger partial charge in [0.2, 0.25) is 5.91 Å². The Bertz CT molecular complexity index is 308. The molecule has 0 spiro atoms. The summed E-state index contributed by atoms with van der Waals surface area (Å²) in [5.41, 5.74) is 0. The molecule has 0 bridgehead atoms. The smallest absolute Gasteiger partial charge is 0.236 e. The zero-order chi connectivity index (χ0) is 14.5. The van der Waals surface area contributed by atoms with Gasteiger partial charge in [-0.2, -0.15) is 0 Å². The van der Waals surface area contributed by atoms with Crippen molar-refractivity contribution in [2.75, 3.05) is 46.3 Å². The first-order chi connectivity index (χ1) is 9.54. The average Bonchev–Trinajstić information content (AvgIpc) is 2.38. The normalized spacial score (nSPS) is 28.9. The monoisotopic (exact) mass is 283 g/mol. The van der Waals surface area contributed by atoms with Gasteiger partial charge in [-0.1, -0.05) is 0 Å². The number of hydrogen-bond donors (Lipinski definition) is 1. The number of morpholine rings is 1. The van der Waals surface area contributed by atoms with E-state index in [-0.39, 0.29) is 18.1 Å². The van der Waals surface area contributed by atoms with Gasteiger partial charge in [-0.15, -0.1) is 0 Å². The predicted octanol–water partition coefficient (Wildman–Crippen LogP) is 0.554. The lowest BCUT2D eigenvalue weighted by molar-refractivity contribution is -0.144. The van der Waals surface area contributed by atoms with E-state index in [1.165, 1.54) is 12.8 Å². The summed E-state index contributed by atoms with van der Waals surface area (Å²) in [6.45, 7) is 9.32. The van der Waals surface area contributed by atoms with Crippen molar-refractivity contribution in [3.63, 3.8) is 0 Å². The highest BCUT2D eigenvalue weighted by Gasteiger charge is 2.26. The Balaban J connectivity index is 1.75. The van der Waals surface area contributed by atoms with Crippen molar-refractivity contribution in [1.82, 2.24) is 15.1 Å². The number of amides is 1. The first-order valence-electron chi connectivity index (χ1n) is 7.87. The maximum absolute atomic E-state index is 12.4. The Morgan fingerprint density at radius 1 is 1.25 bits per heavy atom. The molecular formula is C15H29N3O2. The van der Waals surface area contributed by atoms with Crippen LogP contribution >= 0.6 is 0 Å². The fraction of sp³-hybridized carbons (Fsp3) is 0.933. The Morgan fingerprint density at radius 2 is 1.85 bits per heavy atom. The van der Waals surface area contributed by atoms with E-state index in [1.54, 1.807) is 0 Å². The molecule has 0 aromatic rings. The van der Waals surface area contributed by atoms with E-state index >= 15 is 0 Å². The number of carbonyl (C=O) groups excluding carboxylic acids is 1. The fourth-order valence-corrected chi connectivity index (χ4v) is 3.28. The highest BCUT2D eigenvalue weighted by Crippen LogP contribution is 2.14. The second-order valence-electron chi connectivity index (χ2n) is 6.45. The summed E-state index contributed by atoms with van der Waals surface area (Å²) in [6, 6.07) is 0. The minimum absolute atomic E-state index is 0.150. The minimum Gasteiger partial charge on any atom is -0.372 e. The SMILES string of the molecule is CC1CN(C(=O)CN(C)CC2CCNCC2)CC(C)O1. The third-order valence-corrected chi connectivity index (χ3v) is 4.21. The number of piperidine rings is 1. The van der Waals surface area contributed by atoms with E-state index < -0.39 is 0 Å². The van der Waals surface area contributed by atoms with Gasteiger partial charge >= 0.3 is 0 Å². The van der Waals surface area contributed by atoms with Gasteiger partial charge in [0.05, 0.1) is 18.8 Å². The van der Waals surface area contributed by atoms with E-state index in [2.05, 4.69) is 17.3 Å². The third kappa shape index (κ3) is 4.72. The quantitative estimate of drug-likeness (QED) is 0.818. The van der Waals surface area contributed by atoms with Gasteiger partial charge in [-0.05, 0) is 52.7 Å². The molecule has 5 nitrogen and oxygen atoms in total. The van der Waals surface area contributed by atoms with Crippen LogP contribution in [-0.4, -0.2) is 74.2 Å². The maximum atomic E-state index is 12.4. The lowest BCUT2D eigenvalue weighted by Gasteiger charge is -2.36. The van der Waals surface area contributed by atoms with Gasteiger partial charge in [-0.25, -0.2) is 0 Å². The zero-order valence-electron chi connectivity index (χ0n) is 13.1. The van der Waals surface area contributed by atoms with Crippen LogP contribution in [0.15, 0.2) is 0 Å². The van der Waals surface area contributed by atoms with E-state index in [4.69, 9.17) is 4.74 Å². The molecule has 0 saturated carbocycles. The number of nitrogens with zero attached hydrogens (tertiary/aromatic N) is 2. The van der Waals surface area contributed by atoms with Gasteiger partial charge < -0.3 is 15.0 Å². The number of likely N-dealkylation sites (N-methyl/N-ethyl adjacent to an activating group) is 1. The highest BCUT2D eigenvalue weighted by molar-refractivity contribution is 5.78. The van der Waals surface area contributed by atoms with Crippen molar-refractivity contribution in [1.29, 1.82) is 0 Å². The second kappa shape index (κ2) is 7.38. The summed E-state index contributed by atoms with van der Waals surface area (Å²) in [5, 5.41) is 3.38. The molecule has 116 valence electrons. The van der Waals surface area contributed by atoms with Crippen LogP contribution in [0.3, 0.4) is 0 Å². The van der Waals surface area contributed by atoms with Crippen LogP contribution in [-0.2, 0) is 9.53 Å². The van der Waals surface area contributed by atoms with E-state index in [0.717, 1.165) is 38.6 Å². The van der Waals surface area contributed by atoms with E-state index in [0.29, 0.717) is 6.54 Å². The van der Waals surface area contributed by atoms with Crippen molar-refractivity contribution >= 4 is 5.91 Å². The number of ether oxygens (including phenoxy) is 1. The molecule has 20 heavy (non-hydrogen) atoms. The number of nitrogens with one attached hydrogen (secondary N) is 1. The standard InChI is InChI=1S/C15H29N3O2/c1-12-8-18(9-13(2)20-12)15(19)11-17(3)10-14-4-6-16-7-5-14/h12-14,16H,4-11H2,1-3H3. The van der Waals surface area contributed by atoms with Crippen molar-refractivity contribution in [3.05, 3.63) is 0 Å². The molecule has 2 atom stereocenters. The van der Waals surface area contributed by atoms with E-state index in [9.17, 15) is 4.79 Å². The molecule has 2 rings (SSSR count). The van der Waals surface area contributed by atoms with Crippen LogP contribution in [0, 0.1) is 5.92 Å². The van der Waals surface area contributed by atoms with Crippen LogP contribution in [0.1, 0.15) is 26.7 Å². The summed E-state index contributed by atoms with van der Waals surface area (Å²) >= 11 is 0. The minimum atomic E-state index is 0.150. The summed E-state index contributed by atoms with van der Waals surface area (Å²) in [6.07, 6.45) is 2.75. The first-order valence-corrected chi connectivity index (χ1v) is 7.87. The Morgan fingerprint density at radius 3 is 2.45 bits per heavy atom. The average molecular weight is 283 g/mol. The lowest BCUT2D eigenvalue weighted by Crippen LogP contribution is -2.51. The molecule has 0 aliphatic carbocycles. The molecule has 0 aromatic carbocycles. The third-order valence-electron chi connectivity index (χ3n) is 4.21. The van der Waals surface area contributed by atoms with E-state index in [1.807, 2.05) is 18.7 Å². The lowest BCUT2D eigenvalue weighted by atomic mass is 9.98. The summed E-state index contributed by atoms with van der Waals surface area (Å²) in [7, 11) is 2.06. The number of carbonyl (C=O) groups is 1. The molecule has 2 saturated heterocycles. The highest BCUT2D eigenvalue weighted by atomic mass is 16.5. The van der Waals surface area contributed by atoms with Crippen LogP contribution in [0.2, 0.25) is 0 Å². The Labute approximate surface area is 122 Å². The number of hydrogen-bond acceptors (Lipinski definition) is 4. The van der Waals surface area contributed by atoms with Gasteiger partial charge in [0.15, 0.2) is 0 Å². The molecule has 5 heteroatoms.